The maximum atomic E-state index is 12.7. The van der Waals surface area contributed by atoms with Crippen molar-refractivity contribution in [1.82, 2.24) is 9.38 Å². The second-order valence-electron chi connectivity index (χ2n) is 5.42. The number of benzene rings is 1. The molecule has 0 aliphatic rings. The zero-order chi connectivity index (χ0) is 18.2. The molecule has 130 valence electrons. The van der Waals surface area contributed by atoms with Gasteiger partial charge in [0.15, 0.2) is 0 Å². The van der Waals surface area contributed by atoms with Crippen molar-refractivity contribution in [2.45, 2.75) is 18.5 Å². The molecule has 1 aromatic carbocycles. The van der Waals surface area contributed by atoms with E-state index in [-0.39, 0.29) is 0 Å². The average molecular weight is 368 g/mol. The molecule has 0 bridgehead atoms. The maximum absolute atomic E-state index is 12.7. The summed E-state index contributed by atoms with van der Waals surface area (Å²) in [7, 11) is 0. The van der Waals surface area contributed by atoms with E-state index in [1.165, 1.54) is 19.1 Å². The Bertz CT molecular complexity index is 917. The van der Waals surface area contributed by atoms with E-state index in [9.17, 15) is 18.0 Å². The van der Waals surface area contributed by atoms with Gasteiger partial charge in [-0.05, 0) is 31.2 Å². The monoisotopic (exact) mass is 367 g/mol. The van der Waals surface area contributed by atoms with E-state index in [2.05, 4.69) is 10.3 Å². The summed E-state index contributed by atoms with van der Waals surface area (Å²) < 4.78 is 39.9. The van der Waals surface area contributed by atoms with Crippen LogP contribution in [0.3, 0.4) is 0 Å². The van der Waals surface area contributed by atoms with Crippen LogP contribution in [-0.2, 0) is 11.0 Å². The molecule has 3 rings (SSSR count). The molecule has 1 N–H and O–H groups in total. The van der Waals surface area contributed by atoms with Crippen molar-refractivity contribution in [2.75, 3.05) is 5.32 Å². The third-order valence-corrected chi connectivity index (χ3v) is 3.82. The summed E-state index contributed by atoms with van der Waals surface area (Å²) >= 11 is 5.80. The SMILES string of the molecule is CC(Cl)C(=O)Nc1c(-c2ccc(C(F)(F)F)cc2)nc2ccccn12. The number of nitrogens with one attached hydrogen (secondary N) is 1. The smallest absolute Gasteiger partial charge is 0.309 e. The van der Waals surface area contributed by atoms with Gasteiger partial charge in [0, 0.05) is 11.8 Å². The summed E-state index contributed by atoms with van der Waals surface area (Å²) in [5, 5.41) is 1.91. The fourth-order valence-corrected chi connectivity index (χ4v) is 2.40. The Labute approximate surface area is 146 Å². The molecule has 2 heterocycles. The van der Waals surface area contributed by atoms with E-state index in [4.69, 9.17) is 11.6 Å². The predicted molar refractivity (Wildman–Crippen MR) is 89.6 cm³/mol. The number of anilines is 1. The van der Waals surface area contributed by atoms with Crippen LogP contribution in [0.5, 0.6) is 0 Å². The highest BCUT2D eigenvalue weighted by Gasteiger charge is 2.30. The van der Waals surface area contributed by atoms with Crippen LogP contribution in [0, 0.1) is 0 Å². The van der Waals surface area contributed by atoms with Crippen LogP contribution in [0.4, 0.5) is 19.0 Å². The molecule has 1 unspecified atom stereocenters. The largest absolute Gasteiger partial charge is 0.416 e. The lowest BCUT2D eigenvalue weighted by Gasteiger charge is -2.10. The number of aromatic nitrogens is 2. The Morgan fingerprint density at radius 2 is 1.88 bits per heavy atom. The number of hydrogen-bond acceptors (Lipinski definition) is 2. The van der Waals surface area contributed by atoms with Gasteiger partial charge in [-0.3, -0.25) is 9.20 Å². The number of imidazole rings is 1. The molecule has 25 heavy (non-hydrogen) atoms. The van der Waals surface area contributed by atoms with Gasteiger partial charge in [0.05, 0.1) is 5.56 Å². The minimum absolute atomic E-state index is 0.354. The van der Waals surface area contributed by atoms with E-state index in [1.54, 1.807) is 28.8 Å². The first-order valence-corrected chi connectivity index (χ1v) is 7.80. The Morgan fingerprint density at radius 1 is 1.20 bits per heavy atom. The Morgan fingerprint density at radius 3 is 2.48 bits per heavy atom. The standard InChI is InChI=1S/C17H13ClF3N3O/c1-10(18)16(25)23-15-14(22-13-4-2-3-9-24(13)15)11-5-7-12(8-6-11)17(19,20)21/h2-10H,1H3,(H,23,25). The van der Waals surface area contributed by atoms with E-state index in [0.29, 0.717) is 22.7 Å². The summed E-state index contributed by atoms with van der Waals surface area (Å²) in [6, 6.07) is 9.87. The van der Waals surface area contributed by atoms with Crippen molar-refractivity contribution in [3.8, 4) is 11.3 Å². The molecular weight excluding hydrogens is 355 g/mol. The van der Waals surface area contributed by atoms with Gasteiger partial charge in [-0.1, -0.05) is 18.2 Å². The van der Waals surface area contributed by atoms with Crippen molar-refractivity contribution in [3.05, 3.63) is 54.2 Å². The number of carbonyl (C=O) groups excluding carboxylic acids is 1. The number of halogens is 4. The lowest BCUT2D eigenvalue weighted by molar-refractivity contribution is -0.137. The number of alkyl halides is 4. The van der Waals surface area contributed by atoms with Gasteiger partial charge in [-0.25, -0.2) is 4.98 Å². The summed E-state index contributed by atoms with van der Waals surface area (Å²) in [4.78, 5) is 16.4. The van der Waals surface area contributed by atoms with Gasteiger partial charge in [-0.15, -0.1) is 11.6 Å². The zero-order valence-corrected chi connectivity index (χ0v) is 13.8. The number of hydrogen-bond donors (Lipinski definition) is 1. The fourth-order valence-electron chi connectivity index (χ4n) is 2.35. The number of amides is 1. The number of fused-ring (bicyclic) bond motifs is 1. The van der Waals surface area contributed by atoms with E-state index >= 15 is 0 Å². The van der Waals surface area contributed by atoms with Gasteiger partial charge >= 0.3 is 6.18 Å². The molecule has 1 atom stereocenters. The van der Waals surface area contributed by atoms with Crippen molar-refractivity contribution in [1.29, 1.82) is 0 Å². The zero-order valence-electron chi connectivity index (χ0n) is 13.0. The highest BCUT2D eigenvalue weighted by atomic mass is 35.5. The van der Waals surface area contributed by atoms with Crippen LogP contribution < -0.4 is 5.32 Å². The number of carbonyl (C=O) groups is 1. The number of pyridine rings is 1. The van der Waals surface area contributed by atoms with Crippen molar-refractivity contribution >= 4 is 29.0 Å². The summed E-state index contributed by atoms with van der Waals surface area (Å²) in [5.74, 6) is -0.0756. The van der Waals surface area contributed by atoms with Crippen molar-refractivity contribution < 1.29 is 18.0 Å². The molecule has 0 spiro atoms. The Hall–Kier alpha value is -2.54. The van der Waals surface area contributed by atoms with Crippen molar-refractivity contribution in [2.24, 2.45) is 0 Å². The molecule has 0 aliphatic carbocycles. The van der Waals surface area contributed by atoms with Gasteiger partial charge in [-0.2, -0.15) is 13.2 Å². The molecule has 0 aliphatic heterocycles. The molecular formula is C17H13ClF3N3O. The lowest BCUT2D eigenvalue weighted by Crippen LogP contribution is -2.21. The topological polar surface area (TPSA) is 46.4 Å². The molecule has 0 saturated carbocycles. The first-order valence-electron chi connectivity index (χ1n) is 7.37. The van der Waals surface area contributed by atoms with Crippen LogP contribution >= 0.6 is 11.6 Å². The predicted octanol–water partition coefficient (Wildman–Crippen LogP) is 4.59. The molecule has 0 radical (unpaired) electrons. The molecule has 3 aromatic rings. The van der Waals surface area contributed by atoms with Crippen LogP contribution in [0.25, 0.3) is 16.9 Å². The van der Waals surface area contributed by atoms with Crippen LogP contribution in [0.15, 0.2) is 48.7 Å². The summed E-state index contributed by atoms with van der Waals surface area (Å²) in [6.07, 6.45) is -2.72. The molecule has 8 heteroatoms. The quantitative estimate of drug-likeness (QED) is 0.688. The molecule has 0 saturated heterocycles. The van der Waals surface area contributed by atoms with Gasteiger partial charge < -0.3 is 5.32 Å². The highest BCUT2D eigenvalue weighted by molar-refractivity contribution is 6.32. The first kappa shape index (κ1) is 17.3. The second kappa shape index (κ2) is 6.40. The van der Waals surface area contributed by atoms with Crippen molar-refractivity contribution in [3.63, 3.8) is 0 Å². The van der Waals surface area contributed by atoms with Gasteiger partial charge in [0.1, 0.15) is 22.5 Å². The number of rotatable bonds is 3. The van der Waals surface area contributed by atoms with Crippen LogP contribution in [0.1, 0.15) is 12.5 Å². The Balaban J connectivity index is 2.10. The molecule has 0 fully saturated rings. The highest BCUT2D eigenvalue weighted by Crippen LogP contribution is 2.33. The fraction of sp³-hybridized carbons (Fsp3) is 0.176. The molecule has 2 aromatic heterocycles. The molecule has 4 nitrogen and oxygen atoms in total. The minimum Gasteiger partial charge on any atom is -0.309 e. The third kappa shape index (κ3) is 3.46. The third-order valence-electron chi connectivity index (χ3n) is 3.62. The molecule has 1 amide bonds. The normalized spacial score (nSPS) is 13.0. The first-order chi connectivity index (χ1) is 11.8. The summed E-state index contributed by atoms with van der Waals surface area (Å²) in [6.45, 7) is 1.53. The maximum Gasteiger partial charge on any atom is 0.416 e. The van der Waals surface area contributed by atoms with Crippen LogP contribution in [0.2, 0.25) is 0 Å². The van der Waals surface area contributed by atoms with E-state index in [1.807, 2.05) is 0 Å². The minimum atomic E-state index is -4.41. The van der Waals surface area contributed by atoms with E-state index in [0.717, 1.165) is 12.1 Å². The van der Waals surface area contributed by atoms with E-state index < -0.39 is 23.0 Å². The summed E-state index contributed by atoms with van der Waals surface area (Å²) in [5.41, 5.74) is 0.620. The second-order valence-corrected chi connectivity index (χ2v) is 6.07. The Kier molecular flexibility index (Phi) is 4.43. The lowest BCUT2D eigenvalue weighted by atomic mass is 10.1. The van der Waals surface area contributed by atoms with Gasteiger partial charge in [0.25, 0.3) is 0 Å². The average Bonchev–Trinajstić information content (AvgIpc) is 2.93. The van der Waals surface area contributed by atoms with Crippen LogP contribution in [-0.4, -0.2) is 20.7 Å². The van der Waals surface area contributed by atoms with Gasteiger partial charge in [0.2, 0.25) is 5.91 Å². The number of nitrogens with zero attached hydrogens (tertiary/aromatic N) is 2.